The lowest BCUT2D eigenvalue weighted by molar-refractivity contribution is -0.870. The number of allylic oxidation sites excluding steroid dienone is 18. The number of hydrogen-bond donors (Lipinski definition) is 1. The zero-order valence-corrected chi connectivity index (χ0v) is 63.8. The van der Waals surface area contributed by atoms with Gasteiger partial charge in [0.05, 0.1) is 27.7 Å². The zero-order chi connectivity index (χ0) is 69.0. The van der Waals surface area contributed by atoms with Crippen LogP contribution in [0.25, 0.3) is 0 Å². The van der Waals surface area contributed by atoms with Crippen LogP contribution in [0, 0.1) is 0 Å². The Balaban J connectivity index is 4.00. The first-order chi connectivity index (χ1) is 46.5. The van der Waals surface area contributed by atoms with Gasteiger partial charge in [0.15, 0.2) is 6.10 Å². The number of nitrogens with zero attached hydrogens (tertiary/aromatic N) is 1. The molecule has 0 amide bonds. The van der Waals surface area contributed by atoms with Gasteiger partial charge in [-0.25, -0.2) is 4.57 Å². The van der Waals surface area contributed by atoms with Crippen LogP contribution in [0.4, 0.5) is 0 Å². The van der Waals surface area contributed by atoms with E-state index in [1.807, 2.05) is 21.1 Å². The van der Waals surface area contributed by atoms with Crippen molar-refractivity contribution in [2.75, 3.05) is 47.5 Å². The molecule has 550 valence electrons. The normalized spacial score (nSPS) is 13.6. The Hall–Kier alpha value is -3.33. The van der Waals surface area contributed by atoms with Gasteiger partial charge in [-0.05, 0) is 83.5 Å². The summed E-state index contributed by atoms with van der Waals surface area (Å²) in [6.45, 7) is 4.36. The van der Waals surface area contributed by atoms with E-state index in [-0.39, 0.29) is 32.0 Å². The molecule has 9 nitrogen and oxygen atoms in total. The van der Waals surface area contributed by atoms with E-state index in [4.69, 9.17) is 18.5 Å². The van der Waals surface area contributed by atoms with Crippen LogP contribution in [-0.4, -0.2) is 74.9 Å². The summed E-state index contributed by atoms with van der Waals surface area (Å²) in [7, 11) is 1.48. The fraction of sp³-hybridized carbons (Fsp3) is 0.765. The number of carbonyl (C=O) groups excluding carboxylic acids is 2. The Morgan fingerprint density at radius 3 is 0.895 bits per heavy atom. The van der Waals surface area contributed by atoms with Crippen LogP contribution < -0.4 is 0 Å². The maximum atomic E-state index is 12.9. The number of phosphoric acid groups is 1. The lowest BCUT2D eigenvalue weighted by Gasteiger charge is -2.24. The van der Waals surface area contributed by atoms with Gasteiger partial charge in [0.2, 0.25) is 0 Å². The van der Waals surface area contributed by atoms with Crippen molar-refractivity contribution in [3.63, 3.8) is 0 Å². The molecule has 10 heteroatoms. The van der Waals surface area contributed by atoms with Crippen molar-refractivity contribution in [2.45, 2.75) is 373 Å². The molecule has 2 atom stereocenters. The highest BCUT2D eigenvalue weighted by Crippen LogP contribution is 2.43. The number of carbonyl (C=O) groups is 2. The Kier molecular flexibility index (Phi) is 72.3. The molecule has 2 unspecified atom stereocenters. The van der Waals surface area contributed by atoms with Crippen LogP contribution in [0.2, 0.25) is 0 Å². The number of ether oxygens (including phenoxy) is 2. The van der Waals surface area contributed by atoms with Gasteiger partial charge in [-0.1, -0.05) is 380 Å². The minimum atomic E-state index is -4.40. The average Bonchev–Trinajstić information content (AvgIpc) is 1.80. The van der Waals surface area contributed by atoms with E-state index < -0.39 is 26.5 Å². The Morgan fingerprint density at radius 1 is 0.337 bits per heavy atom. The first-order valence-corrected chi connectivity index (χ1v) is 41.6. The molecule has 0 aliphatic carbocycles. The molecular formula is C85H153NO8P+. The highest BCUT2D eigenvalue weighted by Gasteiger charge is 2.27. The van der Waals surface area contributed by atoms with Crippen LogP contribution in [0.1, 0.15) is 367 Å². The third kappa shape index (κ3) is 79.5. The summed E-state index contributed by atoms with van der Waals surface area (Å²) in [5.41, 5.74) is 0. The summed E-state index contributed by atoms with van der Waals surface area (Å²) in [4.78, 5) is 36.0. The molecule has 0 spiro atoms. The largest absolute Gasteiger partial charge is 0.472 e. The summed E-state index contributed by atoms with van der Waals surface area (Å²) in [5.74, 6) is -0.794. The van der Waals surface area contributed by atoms with E-state index in [1.54, 1.807) is 0 Å². The van der Waals surface area contributed by atoms with Gasteiger partial charge < -0.3 is 18.9 Å². The summed E-state index contributed by atoms with van der Waals surface area (Å²) in [6, 6.07) is 0. The second-order valence-electron chi connectivity index (χ2n) is 28.1. The van der Waals surface area contributed by atoms with Crippen LogP contribution >= 0.6 is 7.82 Å². The number of esters is 2. The molecule has 0 rings (SSSR count). The maximum absolute atomic E-state index is 12.9. The minimum absolute atomic E-state index is 0.0277. The smallest absolute Gasteiger partial charge is 0.462 e. The third-order valence-corrected chi connectivity index (χ3v) is 18.6. The van der Waals surface area contributed by atoms with E-state index in [9.17, 15) is 19.0 Å². The van der Waals surface area contributed by atoms with Gasteiger partial charge >= 0.3 is 19.8 Å². The SMILES string of the molecule is CC/C=C\C/C=C\C/C=C\C/C=C\C/C=C\C/C=C\C/C=C\C/C=C\C/C=C\CCCCCCCCCCCC(=O)OC(COC(=O)CCCCCCCCCCCCCCCCCCCCCCCCCCCCCCCCCCCC)COP(=O)(O)OCC[N+](C)(C)C. The van der Waals surface area contributed by atoms with Crippen molar-refractivity contribution >= 4 is 19.8 Å². The number of likely N-dealkylation sites (N-methyl/N-ethyl adjacent to an activating group) is 1. The quantitative estimate of drug-likeness (QED) is 0.0211. The number of quaternary nitrogens is 1. The second-order valence-corrected chi connectivity index (χ2v) is 29.5. The van der Waals surface area contributed by atoms with Gasteiger partial charge in [-0.2, -0.15) is 0 Å². The maximum Gasteiger partial charge on any atom is 0.472 e. The third-order valence-electron chi connectivity index (χ3n) is 17.6. The summed E-state index contributed by atoms with van der Waals surface area (Å²) in [6.07, 6.45) is 107. The van der Waals surface area contributed by atoms with E-state index in [1.165, 1.54) is 231 Å². The molecule has 95 heavy (non-hydrogen) atoms. The molecule has 0 aromatic carbocycles. The van der Waals surface area contributed by atoms with Gasteiger partial charge in [-0.15, -0.1) is 0 Å². The number of phosphoric ester groups is 1. The van der Waals surface area contributed by atoms with Crippen molar-refractivity contribution in [1.29, 1.82) is 0 Å². The predicted octanol–water partition coefficient (Wildman–Crippen LogP) is 26.8. The second kappa shape index (κ2) is 74.9. The van der Waals surface area contributed by atoms with Gasteiger partial charge in [0, 0.05) is 12.8 Å². The molecule has 0 fully saturated rings. The number of unbranched alkanes of at least 4 members (excludes halogenated alkanes) is 42. The van der Waals surface area contributed by atoms with Crippen LogP contribution in [0.15, 0.2) is 109 Å². The first-order valence-electron chi connectivity index (χ1n) is 40.1. The van der Waals surface area contributed by atoms with Crippen molar-refractivity contribution < 1.29 is 42.1 Å². The monoisotopic (exact) mass is 1350 g/mol. The molecule has 1 N–H and O–H groups in total. The molecule has 0 aliphatic heterocycles. The van der Waals surface area contributed by atoms with Gasteiger partial charge in [0.1, 0.15) is 19.8 Å². The molecule has 0 aromatic rings. The van der Waals surface area contributed by atoms with E-state index in [0.29, 0.717) is 17.4 Å². The van der Waals surface area contributed by atoms with Crippen LogP contribution in [0.5, 0.6) is 0 Å². The lowest BCUT2D eigenvalue weighted by atomic mass is 10.0. The van der Waals surface area contributed by atoms with Crippen LogP contribution in [0.3, 0.4) is 0 Å². The molecule has 0 saturated carbocycles. The van der Waals surface area contributed by atoms with Crippen molar-refractivity contribution in [3.05, 3.63) is 109 Å². The molecule has 0 radical (unpaired) electrons. The molecule has 0 aliphatic rings. The number of rotatable bonds is 74. The fourth-order valence-electron chi connectivity index (χ4n) is 11.5. The summed E-state index contributed by atoms with van der Waals surface area (Å²) in [5, 5.41) is 0. The fourth-order valence-corrected chi connectivity index (χ4v) is 12.2. The Morgan fingerprint density at radius 2 is 0.600 bits per heavy atom. The van der Waals surface area contributed by atoms with Gasteiger partial charge in [-0.3, -0.25) is 18.6 Å². The van der Waals surface area contributed by atoms with Crippen LogP contribution in [-0.2, 0) is 32.7 Å². The Bertz CT molecular complexity index is 1970. The first kappa shape index (κ1) is 91.7. The topological polar surface area (TPSA) is 108 Å². The molecule has 0 saturated heterocycles. The number of hydrogen-bond acceptors (Lipinski definition) is 7. The molecule has 0 bridgehead atoms. The summed E-state index contributed by atoms with van der Waals surface area (Å²) < 4.78 is 34.8. The average molecular weight is 1350 g/mol. The highest BCUT2D eigenvalue weighted by molar-refractivity contribution is 7.47. The minimum Gasteiger partial charge on any atom is -0.462 e. The van der Waals surface area contributed by atoms with E-state index in [0.717, 1.165) is 103 Å². The molecule has 0 heterocycles. The van der Waals surface area contributed by atoms with Gasteiger partial charge in [0.25, 0.3) is 0 Å². The van der Waals surface area contributed by atoms with E-state index >= 15 is 0 Å². The molecular weight excluding hydrogens is 1190 g/mol. The van der Waals surface area contributed by atoms with Crippen molar-refractivity contribution in [2.24, 2.45) is 0 Å². The van der Waals surface area contributed by atoms with Crippen molar-refractivity contribution in [1.82, 2.24) is 0 Å². The van der Waals surface area contributed by atoms with E-state index in [2.05, 4.69) is 123 Å². The highest BCUT2D eigenvalue weighted by atomic mass is 31.2. The Labute approximate surface area is 588 Å². The lowest BCUT2D eigenvalue weighted by Crippen LogP contribution is -2.37. The summed E-state index contributed by atoms with van der Waals surface area (Å²) >= 11 is 0. The standard InChI is InChI=1S/C85H152NO8P/c1-6-8-10-12-14-16-18-20-22-24-26-28-30-32-34-36-38-40-42-43-44-46-48-50-52-54-56-58-60-62-64-66-68-70-72-74-76-78-85(88)94-83(82-93-95(89,90)92-80-79-86(3,4)5)81-91-84(87)77-75-73-71-69-67-65-63-61-59-57-55-53-51-49-47-45-41-39-37-35-33-31-29-27-25-23-21-19-17-15-13-11-9-7-2/h8,10,14,16,20,22,26,28,32,34,38,40,43-44,48,50,54,56,83H,6-7,9,11-13,15,17-19,21,23-25,27,29-31,33,35-37,39,41-42,45-47,49,51-53,55,57-82H2,1-5H3/p+1/b10-8-,16-14-,22-20-,28-26-,34-32-,40-38-,44-43-,50-48-,56-54-. The molecule has 0 aromatic heterocycles. The van der Waals surface area contributed by atoms with Crippen molar-refractivity contribution in [3.8, 4) is 0 Å². The predicted molar refractivity (Wildman–Crippen MR) is 413 cm³/mol. The zero-order valence-electron chi connectivity index (χ0n) is 62.9.